The smallest absolute Gasteiger partial charge is 0.303 e. The molecule has 7 rings (SSSR count). The predicted octanol–water partition coefficient (Wildman–Crippen LogP) is 0.125. The number of carbonyl (C=O) groups excluding carboxylic acids is 16. The first-order valence-electron chi connectivity index (χ1n) is 35.4. The number of anilines is 2. The van der Waals surface area contributed by atoms with Crippen molar-refractivity contribution in [1.82, 2.24) is 10.6 Å². The van der Waals surface area contributed by atoms with E-state index in [2.05, 4.69) is 10.6 Å². The summed E-state index contributed by atoms with van der Waals surface area (Å²) in [6, 6.07) is 4.81. The van der Waals surface area contributed by atoms with Gasteiger partial charge in [0.1, 0.15) is 50.7 Å². The number of hydrogen-bond acceptors (Lipinski definition) is 36. The van der Waals surface area contributed by atoms with Crippen LogP contribution < -0.4 is 20.4 Å². The Morgan fingerprint density at radius 2 is 0.645 bits per heavy atom. The molecule has 6 bridgehead atoms. The number of hydrogen-bond donors (Lipinski definition) is 2. The fourth-order valence-corrected chi connectivity index (χ4v) is 12.3. The topological polar surface area (TPSA) is 488 Å². The number of carbonyl (C=O) groups is 16. The van der Waals surface area contributed by atoms with Gasteiger partial charge in [0.2, 0.25) is 11.8 Å². The lowest BCUT2D eigenvalue weighted by atomic mass is 9.94. The normalized spacial score (nSPS) is 29.0. The van der Waals surface area contributed by atoms with E-state index in [9.17, 15) is 67.1 Å². The van der Waals surface area contributed by atoms with Gasteiger partial charge in [0.25, 0.3) is 11.8 Å². The zero-order chi connectivity index (χ0) is 81.4. The summed E-state index contributed by atoms with van der Waals surface area (Å²) in [7, 11) is 0. The lowest BCUT2D eigenvalue weighted by Crippen LogP contribution is -2.68. The zero-order valence-corrected chi connectivity index (χ0v) is 63.3. The highest BCUT2D eigenvalue weighted by molar-refractivity contribution is 6.04. The highest BCUT2D eigenvalue weighted by Crippen LogP contribution is 2.40. The third-order valence-electron chi connectivity index (χ3n) is 16.6. The molecule has 0 saturated carbocycles. The summed E-state index contributed by atoms with van der Waals surface area (Å²) < 4.78 is 120. The summed E-state index contributed by atoms with van der Waals surface area (Å²) in [4.78, 5) is 219. The van der Waals surface area contributed by atoms with E-state index < -0.39 is 258 Å². The second kappa shape index (κ2) is 42.6. The molecule has 110 heavy (non-hydrogen) atoms. The van der Waals surface area contributed by atoms with Gasteiger partial charge in [-0.05, 0) is 49.9 Å². The van der Waals surface area contributed by atoms with Gasteiger partial charge >= 0.3 is 71.6 Å². The Morgan fingerprint density at radius 3 is 0.936 bits per heavy atom. The first-order chi connectivity index (χ1) is 52.0. The number of esters is 12. The van der Waals surface area contributed by atoms with E-state index in [-0.39, 0.29) is 37.3 Å². The molecule has 0 unspecified atom stereocenters. The first-order valence-corrected chi connectivity index (χ1v) is 35.4. The van der Waals surface area contributed by atoms with E-state index in [1.54, 1.807) is 0 Å². The molecule has 40 heteroatoms. The quantitative estimate of drug-likeness (QED) is 0.0639. The van der Waals surface area contributed by atoms with Crippen LogP contribution in [0.25, 0.3) is 0 Å². The van der Waals surface area contributed by atoms with Crippen molar-refractivity contribution < 1.29 is 171 Å². The van der Waals surface area contributed by atoms with Crippen molar-refractivity contribution in [3.8, 4) is 0 Å². The summed E-state index contributed by atoms with van der Waals surface area (Å²) in [5.74, 6) is -16.6. The lowest BCUT2D eigenvalue weighted by molar-refractivity contribution is -0.358. The van der Waals surface area contributed by atoms with Crippen molar-refractivity contribution in [1.29, 1.82) is 0 Å². The van der Waals surface area contributed by atoms with Gasteiger partial charge in [-0.2, -0.15) is 0 Å². The predicted molar refractivity (Wildman–Crippen MR) is 361 cm³/mol. The molecule has 0 radical (unpaired) electrons. The molecule has 0 spiro atoms. The molecule has 20 atom stereocenters. The van der Waals surface area contributed by atoms with Crippen LogP contribution in [0.4, 0.5) is 11.4 Å². The Labute approximate surface area is 631 Å². The van der Waals surface area contributed by atoms with Gasteiger partial charge in [-0.3, -0.25) is 76.7 Å². The molecule has 0 aliphatic carbocycles. The third-order valence-corrected chi connectivity index (χ3v) is 16.6. The zero-order valence-electron chi connectivity index (χ0n) is 63.3. The fraction of sp³-hybridized carbons (Fsp3) is 0.686. The van der Waals surface area contributed by atoms with E-state index in [1.807, 2.05) is 13.8 Å². The minimum Gasteiger partial charge on any atom is -0.463 e. The number of nitrogens with zero attached hydrogens (tertiary/aromatic N) is 2. The highest BCUT2D eigenvalue weighted by Gasteiger charge is 2.62. The summed E-state index contributed by atoms with van der Waals surface area (Å²) in [5, 5.41) is 5.45. The third kappa shape index (κ3) is 26.0. The second-order valence-electron chi connectivity index (χ2n) is 25.7. The molecule has 612 valence electrons. The van der Waals surface area contributed by atoms with E-state index in [1.165, 1.54) is 24.3 Å². The van der Waals surface area contributed by atoms with E-state index in [4.69, 9.17) is 94.7 Å². The molecule has 6 aliphatic heterocycles. The second-order valence-corrected chi connectivity index (χ2v) is 25.7. The minimum absolute atomic E-state index is 0.0922. The van der Waals surface area contributed by atoms with Crippen molar-refractivity contribution in [2.24, 2.45) is 0 Å². The Hall–Kier alpha value is -9.58. The number of benzene rings is 1. The molecule has 1 aromatic carbocycles. The fourth-order valence-electron chi connectivity index (χ4n) is 12.3. The molecule has 2 N–H and O–H groups in total. The summed E-state index contributed by atoms with van der Waals surface area (Å²) in [5.41, 5.74) is -0.411. The standard InChI is InChI=1S/C70H96N4O36/c1-15-17-25-71-49(87)29-73-45-21-23-46(24-22-45)74(30-50(88)72-26-18-16-2)66(90)60-56(100-40(10)82)58(108-70-64(104-44(14)86)54(98-38(8)80)52(96-36(6)78)48(106-70)32-94-34(4)76)62(102-42(12)84)68(110-60)92-28-20-19-27-91-67-61(101-41(11)83)57(55(99-39(9)81)59(109-67)65(73)89)107-69-63(103-43(13)85)53(97-37(7)79)51(95-35(5)77)47(105-69)31-93-33(3)75/h21-24,47-48,51-64,67-70H,15-20,25-32H2,1-14H3,(H,71,87)(H,72,88)/t47-,48-,51-,52-,53+,54+,55+,56+,57+,58+,59+,60+,61-,62-,63+,64+,67+,68+,69-,70-/m1/s1. The van der Waals surface area contributed by atoms with Gasteiger partial charge < -0.3 is 115 Å². The Bertz CT molecular complexity index is 3230. The molecule has 40 nitrogen and oxygen atoms in total. The van der Waals surface area contributed by atoms with Crippen molar-refractivity contribution >= 4 is 107 Å². The van der Waals surface area contributed by atoms with Crippen LogP contribution in [0.2, 0.25) is 0 Å². The van der Waals surface area contributed by atoms with Crippen molar-refractivity contribution in [2.45, 2.75) is 258 Å². The van der Waals surface area contributed by atoms with E-state index in [0.29, 0.717) is 25.7 Å². The Balaban J connectivity index is 1.62. The molecule has 4 fully saturated rings. The molecule has 4 saturated heterocycles. The average Bonchev–Trinajstić information content (AvgIpc) is 0.761. The number of nitrogens with one attached hydrogen (secondary N) is 2. The van der Waals surface area contributed by atoms with Crippen LogP contribution >= 0.6 is 0 Å². The van der Waals surface area contributed by atoms with Gasteiger partial charge in [0.05, 0.1) is 0 Å². The van der Waals surface area contributed by atoms with Crippen molar-refractivity contribution in [2.75, 3.05) is 62.4 Å². The maximum atomic E-state index is 16.1. The van der Waals surface area contributed by atoms with E-state index >= 15 is 9.59 Å². The monoisotopic (exact) mass is 1570 g/mol. The number of rotatable bonds is 28. The Kier molecular flexibility index (Phi) is 34.6. The van der Waals surface area contributed by atoms with E-state index in [0.717, 1.165) is 92.9 Å². The van der Waals surface area contributed by atoms with Gasteiger partial charge in [-0.1, -0.05) is 26.7 Å². The Morgan fingerprint density at radius 1 is 0.364 bits per heavy atom. The summed E-state index contributed by atoms with van der Waals surface area (Å²) in [6.45, 7) is 11.0. The van der Waals surface area contributed by atoms with Crippen LogP contribution in [0, 0.1) is 0 Å². The summed E-state index contributed by atoms with van der Waals surface area (Å²) >= 11 is 0. The number of amides is 4. The van der Waals surface area contributed by atoms with Crippen LogP contribution in [0.3, 0.4) is 0 Å². The first kappa shape index (κ1) is 89.3. The van der Waals surface area contributed by atoms with Crippen LogP contribution in [-0.4, -0.2) is 271 Å². The average molecular weight is 1570 g/mol. The molecular weight excluding hydrogens is 1470 g/mol. The molecule has 4 amide bonds. The minimum atomic E-state index is -2.23. The summed E-state index contributed by atoms with van der Waals surface area (Å²) in [6.07, 6.45) is -38.3. The molecule has 6 aliphatic rings. The van der Waals surface area contributed by atoms with Gasteiger partial charge in [-0.15, -0.1) is 0 Å². The maximum absolute atomic E-state index is 16.1. The lowest BCUT2D eigenvalue weighted by Gasteiger charge is -2.49. The highest BCUT2D eigenvalue weighted by atomic mass is 16.8. The van der Waals surface area contributed by atoms with Gasteiger partial charge in [0.15, 0.2) is 98.4 Å². The van der Waals surface area contributed by atoms with Crippen molar-refractivity contribution in [3.05, 3.63) is 24.3 Å². The molecular formula is C70H96N4O36. The largest absolute Gasteiger partial charge is 0.463 e. The van der Waals surface area contributed by atoms with Crippen LogP contribution in [0.5, 0.6) is 0 Å². The van der Waals surface area contributed by atoms with Crippen LogP contribution in [-0.2, 0) is 171 Å². The number of ether oxygens (including phenoxy) is 20. The number of fused-ring (bicyclic) bond motifs is 9. The maximum Gasteiger partial charge on any atom is 0.303 e. The molecule has 0 aromatic heterocycles. The van der Waals surface area contributed by atoms with Gasteiger partial charge in [-0.25, -0.2) is 0 Å². The van der Waals surface area contributed by atoms with Crippen LogP contribution in [0.15, 0.2) is 24.3 Å². The molecule has 6 heterocycles. The van der Waals surface area contributed by atoms with Crippen molar-refractivity contribution in [3.63, 3.8) is 0 Å². The SMILES string of the molecule is CCCCNC(=O)CN1C(=O)[C@H]2O[C@H](OCCCCO[C@H]3O[C@H](C(=O)N(CC(=O)NCCCC)c4ccc1cc4)[C@@H](OC(C)=O)[C@H](O[C@H]1O[C@H](COC(C)=O)[C@@H](OC(C)=O)[C@H](OC(C)=O)[C@@H]1OC(C)=O)[C@H]3OC(C)=O)[C@H](OC(C)=O)[C@@H](O[C@H]1O[C@H](COC(C)=O)[C@@H](OC(C)=O)[C@H](OC(C)=O)[C@@H]1OC(C)=O)[C@@H]2OC(C)=O. The van der Waals surface area contributed by atoms with Crippen LogP contribution in [0.1, 0.15) is 135 Å². The number of unbranched alkanes of at least 4 members (excludes halogenated alkanes) is 2. The molecule has 1 aromatic rings. The van der Waals surface area contributed by atoms with Gasteiger partial charge in [0, 0.05) is 121 Å².